The maximum absolute atomic E-state index is 11.6. The van der Waals surface area contributed by atoms with Gasteiger partial charge in [-0.1, -0.05) is 61.0 Å². The first kappa shape index (κ1) is 33.0. The molecule has 0 aromatic heterocycles. The molecule has 3 fully saturated rings. The fraction of sp³-hybridized carbons (Fsp3) is 0.658. The zero-order valence-electron chi connectivity index (χ0n) is 28.1. The third-order valence-corrected chi connectivity index (χ3v) is 12.1. The molecule has 6 rings (SSSR count). The fourth-order valence-electron chi connectivity index (χ4n) is 9.80. The molecule has 0 bridgehead atoms. The molecule has 4 aliphatic carbocycles. The maximum atomic E-state index is 11.6. The Morgan fingerprint density at radius 3 is 2.52 bits per heavy atom. The van der Waals surface area contributed by atoms with E-state index in [1.54, 1.807) is 11.6 Å². The van der Waals surface area contributed by atoms with Crippen molar-refractivity contribution in [2.75, 3.05) is 6.61 Å². The van der Waals surface area contributed by atoms with Gasteiger partial charge in [0.1, 0.15) is 25.4 Å². The molecule has 5 aliphatic rings. The largest absolute Gasteiger partial charge is 0.463 e. The Kier molecular flexibility index (Phi) is 9.77. The average molecular weight is 634 g/mol. The van der Waals surface area contributed by atoms with Crippen LogP contribution in [0.15, 0.2) is 59.3 Å². The Hall–Kier alpha value is -2.97. The predicted octanol–water partition coefficient (Wildman–Crippen LogP) is 7.32. The van der Waals surface area contributed by atoms with Crippen LogP contribution in [-0.4, -0.2) is 48.9 Å². The van der Waals surface area contributed by atoms with Crippen molar-refractivity contribution < 1.29 is 33.4 Å². The molecule has 0 radical (unpaired) electrons. The quantitative estimate of drug-likeness (QED) is 0.122. The number of allylic oxidation sites excluding steroid dienone is 1. The Morgan fingerprint density at radius 2 is 1.76 bits per heavy atom. The molecule has 1 aromatic carbocycles. The monoisotopic (exact) mass is 633 g/mol. The minimum atomic E-state index is -0.617. The molecular weight excluding hydrogens is 582 g/mol. The Bertz CT molecular complexity index is 1360. The highest BCUT2D eigenvalue weighted by molar-refractivity contribution is 5.85. The van der Waals surface area contributed by atoms with Gasteiger partial charge in [0, 0.05) is 19.8 Å². The lowest BCUT2D eigenvalue weighted by Crippen LogP contribution is -2.51. The van der Waals surface area contributed by atoms with Crippen LogP contribution in [0, 0.1) is 34.5 Å². The number of carbonyl (C=O) groups is 2. The van der Waals surface area contributed by atoms with Gasteiger partial charge in [-0.15, -0.1) is 0 Å². The number of carbonyl (C=O) groups excluding carboxylic acids is 2. The molecule has 0 N–H and O–H groups in total. The summed E-state index contributed by atoms with van der Waals surface area (Å²) in [5.74, 6) is 1.77. The second-order valence-electron chi connectivity index (χ2n) is 14.7. The van der Waals surface area contributed by atoms with Crippen molar-refractivity contribution in [3.05, 3.63) is 59.7 Å². The highest BCUT2D eigenvalue weighted by atomic mass is 16.7. The number of fused-ring (bicyclic) bond motifs is 5. The second-order valence-corrected chi connectivity index (χ2v) is 14.7. The molecule has 0 spiro atoms. The van der Waals surface area contributed by atoms with E-state index in [4.69, 9.17) is 23.8 Å². The number of oxime groups is 1. The molecule has 8 heteroatoms. The molecular formula is C38H51NO7. The first-order chi connectivity index (χ1) is 22.1. The van der Waals surface area contributed by atoms with Crippen LogP contribution in [0.3, 0.4) is 0 Å². The van der Waals surface area contributed by atoms with Crippen LogP contribution in [0.1, 0.15) is 91.5 Å². The van der Waals surface area contributed by atoms with E-state index in [1.165, 1.54) is 39.5 Å². The number of ether oxygens (including phenoxy) is 4. The zero-order valence-corrected chi connectivity index (χ0v) is 28.1. The van der Waals surface area contributed by atoms with Gasteiger partial charge in [0.15, 0.2) is 6.29 Å². The standard InChI is InChI=1S/C38H51NO7/c1-24(39-43-22-27-9-7-6-8-10-27)31-13-14-32-30-12-11-28-21-29(17-19-37(28,4)33(30)18-20-38(31,32)5)45-36-16-15-34(44-26(3)41)35(46-36)23-42-25(2)40/h6-11,15-16,29-36H,12-14,17-23H2,1-5H3/b39-24+/t29-,30?,31+,32?,33?,34-,35+,36?,37-,38+/m0/s1. The molecule has 1 aliphatic heterocycles. The summed E-state index contributed by atoms with van der Waals surface area (Å²) in [5.41, 5.74) is 4.32. The molecule has 46 heavy (non-hydrogen) atoms. The molecule has 3 saturated carbocycles. The molecule has 250 valence electrons. The van der Waals surface area contributed by atoms with Gasteiger partial charge in [-0.25, -0.2) is 0 Å². The van der Waals surface area contributed by atoms with Crippen molar-refractivity contribution in [2.45, 2.75) is 117 Å². The Balaban J connectivity index is 1.08. The molecule has 0 amide bonds. The zero-order chi connectivity index (χ0) is 32.5. The summed E-state index contributed by atoms with van der Waals surface area (Å²) in [5, 5.41) is 4.65. The van der Waals surface area contributed by atoms with E-state index in [1.807, 2.05) is 24.3 Å². The first-order valence-corrected chi connectivity index (χ1v) is 17.3. The van der Waals surface area contributed by atoms with E-state index in [2.05, 4.69) is 44.1 Å². The van der Waals surface area contributed by atoms with E-state index < -0.39 is 30.4 Å². The van der Waals surface area contributed by atoms with Gasteiger partial charge in [-0.3, -0.25) is 9.59 Å². The first-order valence-electron chi connectivity index (χ1n) is 17.3. The van der Waals surface area contributed by atoms with Crippen molar-refractivity contribution in [3.8, 4) is 0 Å². The van der Waals surface area contributed by atoms with Crippen LogP contribution in [0.5, 0.6) is 0 Å². The summed E-state index contributed by atoms with van der Waals surface area (Å²) in [6.07, 6.45) is 13.5. The van der Waals surface area contributed by atoms with E-state index in [0.717, 1.165) is 37.0 Å². The van der Waals surface area contributed by atoms with Crippen molar-refractivity contribution in [1.29, 1.82) is 0 Å². The van der Waals surface area contributed by atoms with Crippen LogP contribution >= 0.6 is 0 Å². The minimum absolute atomic E-state index is 0.00146. The van der Waals surface area contributed by atoms with Crippen molar-refractivity contribution >= 4 is 17.7 Å². The number of rotatable bonds is 9. The molecule has 4 unspecified atom stereocenters. The number of esters is 2. The lowest BCUT2D eigenvalue weighted by molar-refractivity contribution is -0.213. The van der Waals surface area contributed by atoms with Gasteiger partial charge in [0.25, 0.3) is 0 Å². The molecule has 1 aromatic rings. The summed E-state index contributed by atoms with van der Waals surface area (Å²) in [6, 6.07) is 10.3. The maximum Gasteiger partial charge on any atom is 0.303 e. The van der Waals surface area contributed by atoms with Gasteiger partial charge in [0.2, 0.25) is 0 Å². The molecule has 1 heterocycles. The van der Waals surface area contributed by atoms with Gasteiger partial charge < -0.3 is 23.8 Å². The fourth-order valence-corrected chi connectivity index (χ4v) is 9.80. The summed E-state index contributed by atoms with van der Waals surface area (Å²) < 4.78 is 23.2. The SMILES string of the molecule is CC(=O)OC[C@H]1OC(O[C@H]2CC[C@@]3(C)C(=CCC4C3CC[C@@]3(C)C4CC[C@@H]3/C(C)=N/OCc3ccccc3)C2)C=C[C@@H]1OC(C)=O. The highest BCUT2D eigenvalue weighted by Gasteiger charge is 2.59. The lowest BCUT2D eigenvalue weighted by Gasteiger charge is -2.58. The molecule has 10 atom stereocenters. The van der Waals surface area contributed by atoms with Gasteiger partial charge >= 0.3 is 11.9 Å². The number of benzene rings is 1. The predicted molar refractivity (Wildman–Crippen MR) is 174 cm³/mol. The van der Waals surface area contributed by atoms with E-state index in [0.29, 0.717) is 30.3 Å². The smallest absolute Gasteiger partial charge is 0.303 e. The van der Waals surface area contributed by atoms with Gasteiger partial charge in [-0.2, -0.15) is 0 Å². The molecule has 8 nitrogen and oxygen atoms in total. The van der Waals surface area contributed by atoms with Gasteiger partial charge in [-0.05, 0) is 105 Å². The summed E-state index contributed by atoms with van der Waals surface area (Å²) in [4.78, 5) is 28.9. The summed E-state index contributed by atoms with van der Waals surface area (Å²) in [6.45, 7) is 10.5. The molecule has 0 saturated heterocycles. The number of nitrogens with zero attached hydrogens (tertiary/aromatic N) is 1. The highest BCUT2D eigenvalue weighted by Crippen LogP contribution is 2.66. The van der Waals surface area contributed by atoms with E-state index >= 15 is 0 Å². The minimum Gasteiger partial charge on any atom is -0.463 e. The summed E-state index contributed by atoms with van der Waals surface area (Å²) in [7, 11) is 0. The van der Waals surface area contributed by atoms with Crippen LogP contribution < -0.4 is 0 Å². The van der Waals surface area contributed by atoms with Crippen molar-refractivity contribution in [1.82, 2.24) is 0 Å². The van der Waals surface area contributed by atoms with E-state index in [-0.39, 0.29) is 23.5 Å². The average Bonchev–Trinajstić information content (AvgIpc) is 3.39. The number of hydrogen-bond donors (Lipinski definition) is 0. The number of hydrogen-bond acceptors (Lipinski definition) is 8. The topological polar surface area (TPSA) is 92.7 Å². The van der Waals surface area contributed by atoms with Crippen LogP contribution in [-0.2, 0) is 40.0 Å². The Morgan fingerprint density at radius 1 is 0.957 bits per heavy atom. The van der Waals surface area contributed by atoms with E-state index in [9.17, 15) is 9.59 Å². The van der Waals surface area contributed by atoms with Crippen molar-refractivity contribution in [3.63, 3.8) is 0 Å². The lowest BCUT2D eigenvalue weighted by atomic mass is 9.47. The second kappa shape index (κ2) is 13.6. The van der Waals surface area contributed by atoms with Crippen LogP contribution in [0.2, 0.25) is 0 Å². The third-order valence-electron chi connectivity index (χ3n) is 12.1. The van der Waals surface area contributed by atoms with Gasteiger partial charge in [0.05, 0.1) is 11.8 Å². The normalized spacial score (nSPS) is 38.5. The summed E-state index contributed by atoms with van der Waals surface area (Å²) >= 11 is 0. The van der Waals surface area contributed by atoms with Crippen LogP contribution in [0.4, 0.5) is 0 Å². The van der Waals surface area contributed by atoms with Crippen LogP contribution in [0.25, 0.3) is 0 Å². The van der Waals surface area contributed by atoms with Crippen molar-refractivity contribution in [2.24, 2.45) is 39.7 Å². The Labute approximate surface area is 273 Å². The third kappa shape index (κ3) is 6.70.